The second-order valence-corrected chi connectivity index (χ2v) is 9.18. The molecule has 1 aliphatic carbocycles. The Kier molecular flexibility index (Phi) is 4.79. The van der Waals surface area contributed by atoms with Crippen LogP contribution in [-0.4, -0.2) is 41.8 Å². The Morgan fingerprint density at radius 2 is 2.00 bits per heavy atom. The van der Waals surface area contributed by atoms with Crippen LogP contribution in [0.15, 0.2) is 49.2 Å². The van der Waals surface area contributed by atoms with Crippen molar-refractivity contribution in [1.29, 1.82) is 0 Å². The third kappa shape index (κ3) is 3.48. The number of amides is 1. The van der Waals surface area contributed by atoms with E-state index in [1.807, 2.05) is 36.7 Å². The number of hydrogen-bond donors (Lipinski definition) is 0. The van der Waals surface area contributed by atoms with Gasteiger partial charge in [-0.1, -0.05) is 6.07 Å². The predicted molar refractivity (Wildman–Crippen MR) is 125 cm³/mol. The molecule has 172 valence electrons. The Hall–Kier alpha value is -3.88. The molecular weight excluding hydrogens is 433 g/mol. The molecule has 9 heteroatoms. The maximum Gasteiger partial charge on any atom is 0.259 e. The van der Waals surface area contributed by atoms with Crippen molar-refractivity contribution in [2.75, 3.05) is 11.4 Å². The zero-order chi connectivity index (χ0) is 23.4. The van der Waals surface area contributed by atoms with Gasteiger partial charge in [-0.15, -0.1) is 10.2 Å². The number of halogens is 1. The topological polar surface area (TPSA) is 81.7 Å². The number of fused-ring (bicyclic) bond motifs is 1. The SMILES string of the molecule is CC(C)n1cnnc1-c1cccc(N2CCc3c(F)cc(-n4cnc(C5CC5)c4)cc3C2=O)n1. The van der Waals surface area contributed by atoms with Gasteiger partial charge in [-0.3, -0.25) is 9.69 Å². The van der Waals surface area contributed by atoms with Crippen molar-refractivity contribution in [3.05, 3.63) is 71.8 Å². The Bertz CT molecular complexity index is 1400. The van der Waals surface area contributed by atoms with E-state index < -0.39 is 0 Å². The minimum atomic E-state index is -0.367. The largest absolute Gasteiger partial charge is 0.310 e. The van der Waals surface area contributed by atoms with Gasteiger partial charge in [-0.05, 0) is 57.4 Å². The average molecular weight is 458 g/mol. The highest BCUT2D eigenvalue weighted by Crippen LogP contribution is 2.39. The van der Waals surface area contributed by atoms with Crippen LogP contribution in [0.1, 0.15) is 60.3 Å². The van der Waals surface area contributed by atoms with Crippen LogP contribution < -0.4 is 4.90 Å². The van der Waals surface area contributed by atoms with Crippen LogP contribution in [0.25, 0.3) is 17.2 Å². The molecule has 2 aliphatic rings. The number of imidazole rings is 1. The van der Waals surface area contributed by atoms with Crippen LogP contribution in [0.5, 0.6) is 0 Å². The van der Waals surface area contributed by atoms with E-state index in [9.17, 15) is 4.79 Å². The fourth-order valence-electron chi connectivity index (χ4n) is 4.48. The van der Waals surface area contributed by atoms with E-state index in [1.54, 1.807) is 34.3 Å². The number of benzene rings is 1. The lowest BCUT2D eigenvalue weighted by molar-refractivity contribution is 0.0979. The molecule has 0 bridgehead atoms. The second kappa shape index (κ2) is 7.86. The van der Waals surface area contributed by atoms with Crippen LogP contribution in [-0.2, 0) is 6.42 Å². The van der Waals surface area contributed by atoms with E-state index in [0.29, 0.717) is 53.0 Å². The van der Waals surface area contributed by atoms with Crippen LogP contribution in [0.2, 0.25) is 0 Å². The number of rotatable bonds is 5. The highest BCUT2D eigenvalue weighted by Gasteiger charge is 2.30. The molecule has 0 unspecified atom stereocenters. The Labute approximate surface area is 196 Å². The molecule has 4 aromatic rings. The zero-order valence-electron chi connectivity index (χ0n) is 19.0. The molecule has 0 radical (unpaired) electrons. The van der Waals surface area contributed by atoms with Gasteiger partial charge in [0.2, 0.25) is 0 Å². The first-order valence-electron chi connectivity index (χ1n) is 11.5. The van der Waals surface area contributed by atoms with E-state index in [2.05, 4.69) is 15.2 Å². The van der Waals surface area contributed by atoms with Crippen molar-refractivity contribution >= 4 is 11.7 Å². The Morgan fingerprint density at radius 1 is 1.15 bits per heavy atom. The van der Waals surface area contributed by atoms with Gasteiger partial charge in [0, 0.05) is 35.8 Å². The van der Waals surface area contributed by atoms with Crippen LogP contribution in [0.4, 0.5) is 10.2 Å². The lowest BCUT2D eigenvalue weighted by Gasteiger charge is -2.28. The number of aromatic nitrogens is 6. The average Bonchev–Trinajstić information content (AvgIpc) is 3.35. The quantitative estimate of drug-likeness (QED) is 0.446. The summed E-state index contributed by atoms with van der Waals surface area (Å²) >= 11 is 0. The summed E-state index contributed by atoms with van der Waals surface area (Å²) in [7, 11) is 0. The fraction of sp³-hybridized carbons (Fsp3) is 0.320. The smallest absolute Gasteiger partial charge is 0.259 e. The molecular formula is C25H24FN7O. The van der Waals surface area contributed by atoms with Gasteiger partial charge in [0.05, 0.1) is 17.7 Å². The van der Waals surface area contributed by atoms with E-state index in [4.69, 9.17) is 4.98 Å². The second-order valence-electron chi connectivity index (χ2n) is 9.18. The molecule has 4 heterocycles. The summed E-state index contributed by atoms with van der Waals surface area (Å²) in [6, 6.07) is 8.90. The van der Waals surface area contributed by atoms with Crippen LogP contribution >= 0.6 is 0 Å². The number of anilines is 1. The molecule has 0 atom stereocenters. The van der Waals surface area contributed by atoms with Crippen molar-refractivity contribution < 1.29 is 9.18 Å². The molecule has 1 aromatic carbocycles. The molecule has 6 rings (SSSR count). The predicted octanol–water partition coefficient (Wildman–Crippen LogP) is 4.33. The number of nitrogens with zero attached hydrogens (tertiary/aromatic N) is 7. The summed E-state index contributed by atoms with van der Waals surface area (Å²) in [6.45, 7) is 4.44. The monoisotopic (exact) mass is 457 g/mol. The zero-order valence-corrected chi connectivity index (χ0v) is 19.0. The normalized spacial score (nSPS) is 15.8. The van der Waals surface area contributed by atoms with Gasteiger partial charge in [0.15, 0.2) is 5.82 Å². The van der Waals surface area contributed by atoms with E-state index in [-0.39, 0.29) is 17.8 Å². The summed E-state index contributed by atoms with van der Waals surface area (Å²) in [6.07, 6.45) is 7.99. The summed E-state index contributed by atoms with van der Waals surface area (Å²) < 4.78 is 18.8. The third-order valence-corrected chi connectivity index (χ3v) is 6.51. The van der Waals surface area contributed by atoms with E-state index in [1.165, 1.54) is 6.07 Å². The molecule has 3 aromatic heterocycles. The standard InChI is InChI=1S/C25H24FN7O/c1-15(2)33-14-28-30-24(33)21-4-3-5-23(29-21)32-9-8-18-19(25(32)34)10-17(11-20(18)26)31-12-22(27-13-31)16-6-7-16/h3-5,10-16H,6-9H2,1-2H3. The van der Waals surface area contributed by atoms with Gasteiger partial charge in [0.25, 0.3) is 5.91 Å². The fourth-order valence-corrected chi connectivity index (χ4v) is 4.48. The van der Waals surface area contributed by atoms with Crippen molar-refractivity contribution in [2.24, 2.45) is 0 Å². The first-order chi connectivity index (χ1) is 16.5. The number of hydrogen-bond acceptors (Lipinski definition) is 5. The number of pyridine rings is 1. The molecule has 34 heavy (non-hydrogen) atoms. The van der Waals surface area contributed by atoms with Crippen molar-refractivity contribution in [3.63, 3.8) is 0 Å². The minimum absolute atomic E-state index is 0.170. The summed E-state index contributed by atoms with van der Waals surface area (Å²) in [5, 5.41) is 8.23. The Balaban J connectivity index is 1.35. The summed E-state index contributed by atoms with van der Waals surface area (Å²) in [5.41, 5.74) is 3.05. The number of carbonyl (C=O) groups is 1. The van der Waals surface area contributed by atoms with Crippen LogP contribution in [0.3, 0.4) is 0 Å². The molecule has 0 N–H and O–H groups in total. The lowest BCUT2D eigenvalue weighted by Crippen LogP contribution is -2.38. The van der Waals surface area contributed by atoms with E-state index >= 15 is 4.39 Å². The molecule has 1 amide bonds. The summed E-state index contributed by atoms with van der Waals surface area (Å²) in [4.78, 5) is 24.3. The third-order valence-electron chi connectivity index (χ3n) is 6.51. The van der Waals surface area contributed by atoms with Crippen LogP contribution in [0, 0.1) is 5.82 Å². The first kappa shape index (κ1) is 20.7. The van der Waals surface area contributed by atoms with E-state index in [0.717, 1.165) is 18.5 Å². The maximum atomic E-state index is 15.0. The highest BCUT2D eigenvalue weighted by atomic mass is 19.1. The summed E-state index contributed by atoms with van der Waals surface area (Å²) in [5.74, 6) is 1.02. The van der Waals surface area contributed by atoms with Gasteiger partial charge >= 0.3 is 0 Å². The van der Waals surface area contributed by atoms with Crippen molar-refractivity contribution in [1.82, 2.24) is 29.3 Å². The molecule has 0 saturated heterocycles. The van der Waals surface area contributed by atoms with Gasteiger partial charge in [-0.25, -0.2) is 14.4 Å². The molecule has 1 aliphatic heterocycles. The minimum Gasteiger partial charge on any atom is -0.310 e. The molecule has 0 spiro atoms. The maximum absolute atomic E-state index is 15.0. The Morgan fingerprint density at radius 3 is 2.79 bits per heavy atom. The van der Waals surface area contributed by atoms with Crippen molar-refractivity contribution in [2.45, 2.75) is 45.1 Å². The number of carbonyl (C=O) groups excluding carboxylic acids is 1. The molecule has 1 saturated carbocycles. The molecule has 1 fully saturated rings. The van der Waals surface area contributed by atoms with Gasteiger partial charge < -0.3 is 9.13 Å². The van der Waals surface area contributed by atoms with Crippen molar-refractivity contribution in [3.8, 4) is 17.2 Å². The van der Waals surface area contributed by atoms with Gasteiger partial charge in [-0.2, -0.15) is 0 Å². The molecule has 8 nitrogen and oxygen atoms in total. The lowest BCUT2D eigenvalue weighted by atomic mass is 9.97. The van der Waals surface area contributed by atoms with Gasteiger partial charge in [0.1, 0.15) is 23.7 Å². The first-order valence-corrected chi connectivity index (χ1v) is 11.5. The highest BCUT2D eigenvalue weighted by molar-refractivity contribution is 6.08.